The fourth-order valence-corrected chi connectivity index (χ4v) is 2.21. The number of carbonyl (C=O) groups is 2. The molecule has 0 aromatic heterocycles. The van der Waals surface area contributed by atoms with Gasteiger partial charge in [0.2, 0.25) is 5.91 Å². The number of halogens is 1. The van der Waals surface area contributed by atoms with Gasteiger partial charge in [0, 0.05) is 12.6 Å². The second-order valence-electron chi connectivity index (χ2n) is 5.03. The van der Waals surface area contributed by atoms with E-state index in [2.05, 4.69) is 5.32 Å². The van der Waals surface area contributed by atoms with Crippen molar-refractivity contribution in [3.63, 3.8) is 0 Å². The Bertz CT molecular complexity index is 487. The van der Waals surface area contributed by atoms with Crippen LogP contribution < -0.4 is 5.32 Å². The average Bonchev–Trinajstić information content (AvgIpc) is 2.36. The Labute approximate surface area is 111 Å². The van der Waals surface area contributed by atoms with Crippen molar-refractivity contribution in [1.82, 2.24) is 10.2 Å². The van der Waals surface area contributed by atoms with Crippen LogP contribution in [0.25, 0.3) is 0 Å². The third kappa shape index (κ3) is 3.10. The summed E-state index contributed by atoms with van der Waals surface area (Å²) in [6.45, 7) is 4.14. The van der Waals surface area contributed by atoms with Gasteiger partial charge in [-0.2, -0.15) is 0 Å². The van der Waals surface area contributed by atoms with Crippen molar-refractivity contribution in [2.75, 3.05) is 6.54 Å². The van der Waals surface area contributed by atoms with Gasteiger partial charge in [-0.1, -0.05) is 19.1 Å². The van der Waals surface area contributed by atoms with Crippen LogP contribution >= 0.6 is 0 Å². The van der Waals surface area contributed by atoms with Gasteiger partial charge in [0.1, 0.15) is 5.82 Å². The van der Waals surface area contributed by atoms with E-state index in [1.54, 1.807) is 24.0 Å². The second-order valence-corrected chi connectivity index (χ2v) is 5.03. The maximum Gasteiger partial charge on any atom is 0.324 e. The van der Waals surface area contributed by atoms with Crippen LogP contribution in [-0.2, 0) is 11.2 Å². The predicted octanol–water partition coefficient (Wildman–Crippen LogP) is 1.94. The number of nitrogens with zero attached hydrogens (tertiary/aromatic N) is 1. The Morgan fingerprint density at radius 2 is 2.00 bits per heavy atom. The lowest BCUT2D eigenvalue weighted by atomic mass is 10.0. The van der Waals surface area contributed by atoms with Gasteiger partial charge in [0.25, 0.3) is 0 Å². The number of imide groups is 1. The maximum absolute atomic E-state index is 12.8. The van der Waals surface area contributed by atoms with Gasteiger partial charge in [-0.15, -0.1) is 0 Å². The van der Waals surface area contributed by atoms with Crippen molar-refractivity contribution in [1.29, 1.82) is 0 Å². The van der Waals surface area contributed by atoms with Crippen LogP contribution in [0.4, 0.5) is 9.18 Å². The lowest BCUT2D eigenvalue weighted by Gasteiger charge is -2.35. The molecule has 1 saturated heterocycles. The standard InChI is InChI=1S/C14H17FN2O2/c1-9-8-17(14(19)16-13(9)18)10(2)7-11-3-5-12(15)6-4-11/h3-6,9-10H,7-8H2,1-2H3,(H,16,18,19). The first-order valence-electron chi connectivity index (χ1n) is 6.33. The molecule has 1 aliphatic rings. The van der Waals surface area contributed by atoms with E-state index in [4.69, 9.17) is 0 Å². The molecule has 2 rings (SSSR count). The molecule has 5 heteroatoms. The SMILES string of the molecule is CC1CN(C(C)Cc2ccc(F)cc2)C(=O)NC1=O. The molecular formula is C14H17FN2O2. The van der Waals surface area contributed by atoms with E-state index in [9.17, 15) is 14.0 Å². The highest BCUT2D eigenvalue weighted by atomic mass is 19.1. The summed E-state index contributed by atoms with van der Waals surface area (Å²) in [6, 6.07) is 5.85. The average molecular weight is 264 g/mol. The van der Waals surface area contributed by atoms with Crippen LogP contribution in [0.1, 0.15) is 19.4 Å². The van der Waals surface area contributed by atoms with E-state index in [0.717, 1.165) is 5.56 Å². The molecule has 2 unspecified atom stereocenters. The molecular weight excluding hydrogens is 247 g/mol. The second kappa shape index (κ2) is 5.38. The fourth-order valence-electron chi connectivity index (χ4n) is 2.21. The summed E-state index contributed by atoms with van der Waals surface area (Å²) in [6.07, 6.45) is 0.634. The van der Waals surface area contributed by atoms with E-state index >= 15 is 0 Å². The molecule has 1 heterocycles. The smallest absolute Gasteiger partial charge is 0.321 e. The van der Waals surface area contributed by atoms with Gasteiger partial charge in [-0.25, -0.2) is 9.18 Å². The molecule has 3 amide bonds. The summed E-state index contributed by atoms with van der Waals surface area (Å²) in [4.78, 5) is 24.8. The first kappa shape index (κ1) is 13.5. The van der Waals surface area contributed by atoms with Gasteiger partial charge in [-0.3, -0.25) is 10.1 Å². The zero-order valence-corrected chi connectivity index (χ0v) is 11.0. The summed E-state index contributed by atoms with van der Waals surface area (Å²) >= 11 is 0. The van der Waals surface area contributed by atoms with Crippen LogP contribution in [0.2, 0.25) is 0 Å². The highest BCUT2D eigenvalue weighted by Gasteiger charge is 2.31. The zero-order valence-electron chi connectivity index (χ0n) is 11.0. The molecule has 0 bridgehead atoms. The molecule has 102 valence electrons. The molecule has 1 fully saturated rings. The Kier molecular flexibility index (Phi) is 3.83. The number of carbonyl (C=O) groups excluding carboxylic acids is 2. The Balaban J connectivity index is 2.03. The first-order valence-corrected chi connectivity index (χ1v) is 6.33. The summed E-state index contributed by atoms with van der Waals surface area (Å²) in [7, 11) is 0. The van der Waals surface area contributed by atoms with E-state index in [1.165, 1.54) is 12.1 Å². The number of hydrogen-bond donors (Lipinski definition) is 1. The third-order valence-electron chi connectivity index (χ3n) is 3.39. The lowest BCUT2D eigenvalue weighted by Crippen LogP contribution is -2.56. The number of amides is 3. The zero-order chi connectivity index (χ0) is 14.0. The number of rotatable bonds is 3. The maximum atomic E-state index is 12.8. The number of benzene rings is 1. The van der Waals surface area contributed by atoms with Crippen molar-refractivity contribution in [2.45, 2.75) is 26.3 Å². The summed E-state index contributed by atoms with van der Waals surface area (Å²) < 4.78 is 12.8. The van der Waals surface area contributed by atoms with Crippen LogP contribution in [0, 0.1) is 11.7 Å². The normalized spacial score (nSPS) is 21.2. The summed E-state index contributed by atoms with van der Waals surface area (Å²) in [5.74, 6) is -0.699. The molecule has 0 aliphatic carbocycles. The lowest BCUT2D eigenvalue weighted by molar-refractivity contribution is -0.125. The van der Waals surface area contributed by atoms with Crippen LogP contribution in [0.3, 0.4) is 0 Å². The van der Waals surface area contributed by atoms with Gasteiger partial charge >= 0.3 is 6.03 Å². The van der Waals surface area contributed by atoms with Gasteiger partial charge in [-0.05, 0) is 31.0 Å². The molecule has 1 aliphatic heterocycles. The predicted molar refractivity (Wildman–Crippen MR) is 69.0 cm³/mol. The van der Waals surface area contributed by atoms with Gasteiger partial charge in [0.05, 0.1) is 5.92 Å². The molecule has 19 heavy (non-hydrogen) atoms. The van der Waals surface area contributed by atoms with Crippen molar-refractivity contribution in [3.05, 3.63) is 35.6 Å². The quantitative estimate of drug-likeness (QED) is 0.907. The van der Waals surface area contributed by atoms with Crippen molar-refractivity contribution >= 4 is 11.9 Å². The first-order chi connectivity index (χ1) is 8.97. The number of nitrogens with one attached hydrogen (secondary N) is 1. The fraction of sp³-hybridized carbons (Fsp3) is 0.429. The van der Waals surface area contributed by atoms with Crippen LogP contribution in [0.5, 0.6) is 0 Å². The molecule has 0 spiro atoms. The number of hydrogen-bond acceptors (Lipinski definition) is 2. The van der Waals surface area contributed by atoms with Gasteiger partial charge in [0.15, 0.2) is 0 Å². The minimum Gasteiger partial charge on any atom is -0.321 e. The highest BCUT2D eigenvalue weighted by Crippen LogP contribution is 2.15. The minimum absolute atomic E-state index is 0.0407. The monoisotopic (exact) mass is 264 g/mol. The molecule has 1 N–H and O–H groups in total. The molecule has 0 saturated carbocycles. The highest BCUT2D eigenvalue weighted by molar-refractivity contribution is 5.97. The van der Waals surface area contributed by atoms with E-state index in [0.29, 0.717) is 13.0 Å². The van der Waals surface area contributed by atoms with Crippen LogP contribution in [0.15, 0.2) is 24.3 Å². The Hall–Kier alpha value is -1.91. The number of urea groups is 1. The largest absolute Gasteiger partial charge is 0.324 e. The summed E-state index contributed by atoms with van der Waals surface area (Å²) in [5.41, 5.74) is 0.964. The summed E-state index contributed by atoms with van der Waals surface area (Å²) in [5, 5.41) is 2.34. The third-order valence-corrected chi connectivity index (χ3v) is 3.39. The van der Waals surface area contributed by atoms with E-state index in [1.807, 2.05) is 6.92 Å². The molecule has 1 aromatic carbocycles. The van der Waals surface area contributed by atoms with Crippen LogP contribution in [-0.4, -0.2) is 29.4 Å². The molecule has 4 nitrogen and oxygen atoms in total. The van der Waals surface area contributed by atoms with Crippen molar-refractivity contribution in [3.8, 4) is 0 Å². The van der Waals surface area contributed by atoms with Crippen molar-refractivity contribution < 1.29 is 14.0 Å². The molecule has 0 radical (unpaired) electrons. The Morgan fingerprint density at radius 1 is 1.37 bits per heavy atom. The molecule has 1 aromatic rings. The topological polar surface area (TPSA) is 49.4 Å². The van der Waals surface area contributed by atoms with E-state index < -0.39 is 0 Å². The minimum atomic E-state index is -0.349. The Morgan fingerprint density at radius 3 is 2.63 bits per heavy atom. The van der Waals surface area contributed by atoms with E-state index in [-0.39, 0.29) is 29.7 Å². The van der Waals surface area contributed by atoms with Gasteiger partial charge < -0.3 is 4.90 Å². The molecule has 2 atom stereocenters. The van der Waals surface area contributed by atoms with Crippen molar-refractivity contribution in [2.24, 2.45) is 5.92 Å².